The Balaban J connectivity index is 2.61. The molecule has 2 aromatic rings. The summed E-state index contributed by atoms with van der Waals surface area (Å²) in [5, 5.41) is 5.98. The first-order valence-corrected chi connectivity index (χ1v) is 5.88. The van der Waals surface area contributed by atoms with Gasteiger partial charge in [0, 0.05) is 16.1 Å². The largest absolute Gasteiger partial charge is 0.496 e. The van der Waals surface area contributed by atoms with Gasteiger partial charge in [-0.3, -0.25) is 15.0 Å². The molecule has 4 N–H and O–H groups in total. The van der Waals surface area contributed by atoms with Crippen molar-refractivity contribution >= 4 is 11.6 Å². The third-order valence-electron chi connectivity index (χ3n) is 2.70. The van der Waals surface area contributed by atoms with Gasteiger partial charge in [-0.15, -0.1) is 0 Å². The van der Waals surface area contributed by atoms with Gasteiger partial charge in [-0.05, 0) is 31.2 Å². The van der Waals surface area contributed by atoms with E-state index in [9.17, 15) is 4.79 Å². The van der Waals surface area contributed by atoms with Crippen LogP contribution < -0.4 is 16.0 Å². The molecular formula is C12H14ClN3O2. The molecule has 0 saturated heterocycles. The Morgan fingerprint density at radius 1 is 1.39 bits per heavy atom. The Morgan fingerprint density at radius 2 is 2.17 bits per heavy atom. The molecule has 96 valence electrons. The minimum Gasteiger partial charge on any atom is -0.496 e. The minimum atomic E-state index is -0.169. The van der Waals surface area contributed by atoms with E-state index in [1.807, 2.05) is 0 Å². The zero-order valence-electron chi connectivity index (χ0n) is 9.92. The normalized spacial score (nSPS) is 10.6. The van der Waals surface area contributed by atoms with Crippen LogP contribution in [0.25, 0.3) is 11.3 Å². The zero-order valence-corrected chi connectivity index (χ0v) is 10.7. The number of H-pyrrole nitrogens is 2. The summed E-state index contributed by atoms with van der Waals surface area (Å²) in [6.07, 6.45) is 0.490. The molecule has 18 heavy (non-hydrogen) atoms. The molecule has 0 saturated carbocycles. The molecule has 2 rings (SSSR count). The summed E-state index contributed by atoms with van der Waals surface area (Å²) >= 11 is 5.98. The highest BCUT2D eigenvalue weighted by molar-refractivity contribution is 6.31. The van der Waals surface area contributed by atoms with Gasteiger partial charge in [0.15, 0.2) is 0 Å². The van der Waals surface area contributed by atoms with Crippen molar-refractivity contribution < 1.29 is 4.74 Å². The Labute approximate surface area is 109 Å². The van der Waals surface area contributed by atoms with Gasteiger partial charge in [0.25, 0.3) is 5.56 Å². The summed E-state index contributed by atoms with van der Waals surface area (Å²) in [5.74, 6) is 0.646. The highest BCUT2D eigenvalue weighted by Crippen LogP contribution is 2.32. The Morgan fingerprint density at radius 3 is 2.83 bits per heavy atom. The Hall–Kier alpha value is -1.72. The molecule has 0 amide bonds. The van der Waals surface area contributed by atoms with E-state index in [-0.39, 0.29) is 5.56 Å². The molecule has 0 aliphatic heterocycles. The lowest BCUT2D eigenvalue weighted by Crippen LogP contribution is -2.12. The number of hydrogen-bond donors (Lipinski definition) is 3. The lowest BCUT2D eigenvalue weighted by Gasteiger charge is -2.08. The molecule has 0 radical (unpaired) electrons. The fourth-order valence-corrected chi connectivity index (χ4v) is 2.04. The van der Waals surface area contributed by atoms with Crippen molar-refractivity contribution in [3.05, 3.63) is 39.1 Å². The van der Waals surface area contributed by atoms with Gasteiger partial charge in [-0.2, -0.15) is 0 Å². The summed E-state index contributed by atoms with van der Waals surface area (Å²) in [5.41, 5.74) is 7.37. The second kappa shape index (κ2) is 5.29. The summed E-state index contributed by atoms with van der Waals surface area (Å²) in [6.45, 7) is 0.400. The van der Waals surface area contributed by atoms with Gasteiger partial charge in [0.1, 0.15) is 5.75 Å². The number of nitrogens with one attached hydrogen (secondary N) is 2. The second-order valence-corrected chi connectivity index (χ2v) is 4.25. The molecule has 0 bridgehead atoms. The third-order valence-corrected chi connectivity index (χ3v) is 2.94. The van der Waals surface area contributed by atoms with E-state index in [0.717, 1.165) is 5.56 Å². The number of aromatic amines is 2. The minimum absolute atomic E-state index is 0.169. The Kier molecular flexibility index (Phi) is 3.74. The number of methoxy groups -OCH3 is 1. The van der Waals surface area contributed by atoms with E-state index >= 15 is 0 Å². The van der Waals surface area contributed by atoms with E-state index in [2.05, 4.69) is 10.2 Å². The van der Waals surface area contributed by atoms with Gasteiger partial charge < -0.3 is 10.5 Å². The molecular weight excluding hydrogens is 254 g/mol. The average molecular weight is 268 g/mol. The molecule has 1 aromatic carbocycles. The lowest BCUT2D eigenvalue weighted by molar-refractivity contribution is 0.416. The van der Waals surface area contributed by atoms with Crippen molar-refractivity contribution in [1.29, 1.82) is 0 Å². The predicted octanol–water partition coefficient (Wildman–Crippen LogP) is 1.53. The van der Waals surface area contributed by atoms with Gasteiger partial charge in [-0.1, -0.05) is 11.6 Å². The molecule has 0 spiro atoms. The maximum Gasteiger partial charge on any atom is 0.267 e. The molecule has 6 heteroatoms. The highest BCUT2D eigenvalue weighted by atomic mass is 35.5. The topological polar surface area (TPSA) is 83.9 Å². The van der Waals surface area contributed by atoms with E-state index in [1.165, 1.54) is 0 Å². The monoisotopic (exact) mass is 267 g/mol. The number of halogens is 1. The number of hydrogen-bond acceptors (Lipinski definition) is 3. The van der Waals surface area contributed by atoms with Gasteiger partial charge >= 0.3 is 0 Å². The smallest absolute Gasteiger partial charge is 0.267 e. The summed E-state index contributed by atoms with van der Waals surface area (Å²) < 4.78 is 5.27. The van der Waals surface area contributed by atoms with Crippen molar-refractivity contribution in [2.45, 2.75) is 6.42 Å². The maximum absolute atomic E-state index is 11.7. The van der Waals surface area contributed by atoms with E-state index in [0.29, 0.717) is 35.0 Å². The third kappa shape index (κ3) is 2.27. The molecule has 0 aliphatic carbocycles. The molecule has 1 heterocycles. The number of ether oxygens (including phenoxy) is 1. The van der Waals surface area contributed by atoms with Crippen molar-refractivity contribution in [2.24, 2.45) is 5.73 Å². The van der Waals surface area contributed by atoms with Crippen LogP contribution in [0.4, 0.5) is 0 Å². The fraction of sp³-hybridized carbons (Fsp3) is 0.250. The summed E-state index contributed by atoms with van der Waals surface area (Å²) in [4.78, 5) is 11.7. The van der Waals surface area contributed by atoms with Crippen LogP contribution in [0.3, 0.4) is 0 Å². The van der Waals surface area contributed by atoms with Crippen molar-refractivity contribution in [1.82, 2.24) is 10.2 Å². The first kappa shape index (κ1) is 12.7. The van der Waals surface area contributed by atoms with Crippen molar-refractivity contribution in [2.75, 3.05) is 13.7 Å². The molecule has 5 nitrogen and oxygen atoms in total. The van der Waals surface area contributed by atoms with Gasteiger partial charge in [0.2, 0.25) is 0 Å². The first-order valence-electron chi connectivity index (χ1n) is 5.51. The molecule has 1 aromatic heterocycles. The zero-order chi connectivity index (χ0) is 13.1. The molecule has 0 fully saturated rings. The molecule has 0 aliphatic rings. The van der Waals surface area contributed by atoms with E-state index < -0.39 is 0 Å². The van der Waals surface area contributed by atoms with Gasteiger partial charge in [-0.25, -0.2) is 0 Å². The summed E-state index contributed by atoms with van der Waals surface area (Å²) in [7, 11) is 1.57. The first-order chi connectivity index (χ1) is 8.67. The van der Waals surface area contributed by atoms with Crippen molar-refractivity contribution in [3.63, 3.8) is 0 Å². The van der Waals surface area contributed by atoms with E-state index in [4.69, 9.17) is 22.1 Å². The van der Waals surface area contributed by atoms with Crippen LogP contribution in [0.1, 0.15) is 5.56 Å². The van der Waals surface area contributed by atoms with Gasteiger partial charge in [0.05, 0.1) is 12.8 Å². The van der Waals surface area contributed by atoms with Crippen LogP contribution in [0.5, 0.6) is 5.75 Å². The highest BCUT2D eigenvalue weighted by Gasteiger charge is 2.15. The van der Waals surface area contributed by atoms with Crippen LogP contribution in [0.15, 0.2) is 23.0 Å². The van der Waals surface area contributed by atoms with Crippen LogP contribution in [0.2, 0.25) is 5.02 Å². The maximum atomic E-state index is 11.7. The number of aromatic nitrogens is 2. The predicted molar refractivity (Wildman–Crippen MR) is 71.2 cm³/mol. The number of rotatable bonds is 4. The van der Waals surface area contributed by atoms with Crippen LogP contribution in [-0.2, 0) is 6.42 Å². The molecule has 0 unspecified atom stereocenters. The Bertz CT molecular complexity index is 604. The average Bonchev–Trinajstić information content (AvgIpc) is 2.72. The van der Waals surface area contributed by atoms with Crippen molar-refractivity contribution in [3.8, 4) is 17.0 Å². The van der Waals surface area contributed by atoms with Crippen LogP contribution in [0, 0.1) is 0 Å². The number of benzene rings is 1. The fourth-order valence-electron chi connectivity index (χ4n) is 1.87. The second-order valence-electron chi connectivity index (χ2n) is 3.82. The van der Waals surface area contributed by atoms with E-state index in [1.54, 1.807) is 25.3 Å². The summed E-state index contributed by atoms with van der Waals surface area (Å²) in [6, 6.07) is 5.24. The quantitative estimate of drug-likeness (QED) is 0.785. The van der Waals surface area contributed by atoms with Crippen LogP contribution in [-0.4, -0.2) is 23.9 Å². The number of nitrogens with two attached hydrogens (primary N) is 1. The SMILES string of the molecule is COc1ccc(Cl)cc1-c1[nH][nH]c(=O)c1CCN. The lowest BCUT2D eigenvalue weighted by atomic mass is 10.0. The standard InChI is InChI=1S/C12H14ClN3O2/c1-18-10-3-2-7(13)6-9(10)11-8(4-5-14)12(17)16-15-11/h2-3,6H,4-5,14H2,1H3,(H2,15,16,17). The van der Waals surface area contributed by atoms with Crippen LogP contribution >= 0.6 is 11.6 Å². The molecule has 0 atom stereocenters.